The molecule has 0 radical (unpaired) electrons. The van der Waals surface area contributed by atoms with Crippen molar-refractivity contribution in [1.82, 2.24) is 0 Å². The van der Waals surface area contributed by atoms with E-state index in [-0.39, 0.29) is 17.9 Å². The average Bonchev–Trinajstić information content (AvgIpc) is 2.49. The first-order valence-corrected chi connectivity index (χ1v) is 7.45. The molecule has 0 amide bonds. The fourth-order valence-corrected chi connectivity index (χ4v) is 3.15. The van der Waals surface area contributed by atoms with Crippen LogP contribution in [0.25, 0.3) is 0 Å². The van der Waals surface area contributed by atoms with E-state index in [4.69, 9.17) is 10.8 Å². The number of thioether (sulfide) groups is 1. The number of aliphatic hydroxyl groups is 1. The van der Waals surface area contributed by atoms with Gasteiger partial charge in [0.15, 0.2) is 0 Å². The third-order valence-corrected chi connectivity index (χ3v) is 4.37. The summed E-state index contributed by atoms with van der Waals surface area (Å²) in [7, 11) is 0. The van der Waals surface area contributed by atoms with Crippen molar-refractivity contribution in [2.24, 2.45) is 5.73 Å². The molecule has 0 bridgehead atoms. The van der Waals surface area contributed by atoms with Crippen LogP contribution in [0.3, 0.4) is 0 Å². The van der Waals surface area contributed by atoms with Crippen LogP contribution in [0, 0.1) is 0 Å². The number of rotatable bonds is 6. The fourth-order valence-electron chi connectivity index (χ4n) is 2.08. The lowest BCUT2D eigenvalue weighted by Gasteiger charge is -2.24. The van der Waals surface area contributed by atoms with Crippen LogP contribution in [0.15, 0.2) is 60.7 Å². The lowest BCUT2D eigenvalue weighted by molar-refractivity contribution is 0.322. The Morgan fingerprint density at radius 3 is 1.95 bits per heavy atom. The van der Waals surface area contributed by atoms with Crippen LogP contribution in [-0.2, 0) is 0 Å². The van der Waals surface area contributed by atoms with Gasteiger partial charge in [0.2, 0.25) is 0 Å². The Morgan fingerprint density at radius 1 is 0.895 bits per heavy atom. The van der Waals surface area contributed by atoms with Crippen LogP contribution in [0.2, 0.25) is 0 Å². The second-order valence-electron chi connectivity index (χ2n) is 4.36. The van der Waals surface area contributed by atoms with E-state index in [2.05, 4.69) is 24.3 Å². The largest absolute Gasteiger partial charge is 0.396 e. The van der Waals surface area contributed by atoms with Crippen molar-refractivity contribution in [3.8, 4) is 0 Å². The zero-order valence-electron chi connectivity index (χ0n) is 10.8. The number of hydrogen-bond acceptors (Lipinski definition) is 3. The second-order valence-corrected chi connectivity index (χ2v) is 5.61. The van der Waals surface area contributed by atoms with Gasteiger partial charge in [-0.05, 0) is 11.1 Å². The third kappa shape index (κ3) is 3.83. The minimum absolute atomic E-state index is 0.0693. The standard InChI is InChI=1S/C16H19NOS/c17-15(13-7-3-1-4-8-13)16(19-12-11-18)14-9-5-2-6-10-14/h1-10,15-16,18H,11-12,17H2. The molecule has 0 aliphatic carbocycles. The Bertz CT molecular complexity index is 475. The number of benzene rings is 2. The molecular weight excluding hydrogens is 254 g/mol. The van der Waals surface area contributed by atoms with E-state index in [1.54, 1.807) is 11.8 Å². The molecule has 0 aliphatic heterocycles. The van der Waals surface area contributed by atoms with Gasteiger partial charge >= 0.3 is 0 Å². The highest BCUT2D eigenvalue weighted by molar-refractivity contribution is 7.99. The van der Waals surface area contributed by atoms with Gasteiger partial charge in [0.25, 0.3) is 0 Å². The normalized spacial score (nSPS) is 14.0. The number of nitrogens with two attached hydrogens (primary N) is 1. The maximum Gasteiger partial charge on any atom is 0.0521 e. The van der Waals surface area contributed by atoms with Crippen molar-refractivity contribution in [3.05, 3.63) is 71.8 Å². The monoisotopic (exact) mass is 273 g/mol. The van der Waals surface area contributed by atoms with Crippen molar-refractivity contribution in [2.45, 2.75) is 11.3 Å². The third-order valence-electron chi connectivity index (χ3n) is 3.03. The van der Waals surface area contributed by atoms with Gasteiger partial charge < -0.3 is 10.8 Å². The Hall–Kier alpha value is -1.29. The molecule has 100 valence electrons. The molecule has 0 saturated heterocycles. The lowest BCUT2D eigenvalue weighted by atomic mass is 9.99. The van der Waals surface area contributed by atoms with E-state index >= 15 is 0 Å². The molecule has 2 nitrogen and oxygen atoms in total. The predicted molar refractivity (Wildman–Crippen MR) is 82.1 cm³/mol. The summed E-state index contributed by atoms with van der Waals surface area (Å²) in [6.07, 6.45) is 0. The highest BCUT2D eigenvalue weighted by Crippen LogP contribution is 2.38. The molecule has 2 unspecified atom stereocenters. The van der Waals surface area contributed by atoms with Crippen molar-refractivity contribution in [2.75, 3.05) is 12.4 Å². The summed E-state index contributed by atoms with van der Waals surface area (Å²) < 4.78 is 0. The zero-order valence-corrected chi connectivity index (χ0v) is 11.6. The van der Waals surface area contributed by atoms with Crippen LogP contribution < -0.4 is 5.73 Å². The van der Waals surface area contributed by atoms with Gasteiger partial charge in [0.05, 0.1) is 6.61 Å². The van der Waals surface area contributed by atoms with Gasteiger partial charge in [-0.3, -0.25) is 0 Å². The van der Waals surface area contributed by atoms with Crippen molar-refractivity contribution in [1.29, 1.82) is 0 Å². The fraction of sp³-hybridized carbons (Fsp3) is 0.250. The summed E-state index contributed by atoms with van der Waals surface area (Å²) in [6, 6.07) is 20.3. The molecule has 2 rings (SSSR count). The molecule has 0 fully saturated rings. The average molecular weight is 273 g/mol. The molecular formula is C16H19NOS. The lowest BCUT2D eigenvalue weighted by Crippen LogP contribution is -2.18. The van der Waals surface area contributed by atoms with Gasteiger partial charge in [0.1, 0.15) is 0 Å². The SMILES string of the molecule is NC(c1ccccc1)C(SCCO)c1ccccc1. The van der Waals surface area contributed by atoms with E-state index < -0.39 is 0 Å². The van der Waals surface area contributed by atoms with E-state index in [9.17, 15) is 0 Å². The molecule has 3 heteroatoms. The first-order valence-electron chi connectivity index (χ1n) is 6.41. The summed E-state index contributed by atoms with van der Waals surface area (Å²) in [5.74, 6) is 0.695. The van der Waals surface area contributed by atoms with Gasteiger partial charge in [-0.15, -0.1) is 11.8 Å². The molecule has 2 aromatic carbocycles. The summed E-state index contributed by atoms with van der Waals surface area (Å²) in [6.45, 7) is 0.176. The van der Waals surface area contributed by atoms with Gasteiger partial charge in [-0.2, -0.15) is 0 Å². The highest BCUT2D eigenvalue weighted by Gasteiger charge is 2.21. The summed E-state index contributed by atoms with van der Waals surface area (Å²) in [5.41, 5.74) is 8.74. The molecule has 19 heavy (non-hydrogen) atoms. The number of aliphatic hydroxyl groups excluding tert-OH is 1. The van der Waals surface area contributed by atoms with Crippen LogP contribution in [0.4, 0.5) is 0 Å². The molecule has 0 spiro atoms. The van der Waals surface area contributed by atoms with Crippen LogP contribution in [-0.4, -0.2) is 17.5 Å². The smallest absolute Gasteiger partial charge is 0.0521 e. The molecule has 0 aliphatic rings. The van der Waals surface area contributed by atoms with Gasteiger partial charge in [0, 0.05) is 17.0 Å². The van der Waals surface area contributed by atoms with Crippen molar-refractivity contribution < 1.29 is 5.11 Å². The minimum atomic E-state index is -0.0693. The van der Waals surface area contributed by atoms with Gasteiger partial charge in [-0.1, -0.05) is 60.7 Å². The molecule has 3 N–H and O–H groups in total. The zero-order chi connectivity index (χ0) is 13.5. The first kappa shape index (κ1) is 14.1. The van der Waals surface area contributed by atoms with Gasteiger partial charge in [-0.25, -0.2) is 0 Å². The second kappa shape index (κ2) is 7.34. The highest BCUT2D eigenvalue weighted by atomic mass is 32.2. The first-order chi connectivity index (χ1) is 9.33. The Labute approximate surface area is 118 Å². The van der Waals surface area contributed by atoms with E-state index in [1.165, 1.54) is 5.56 Å². The maximum atomic E-state index is 9.05. The number of hydrogen-bond donors (Lipinski definition) is 2. The quantitative estimate of drug-likeness (QED) is 0.850. The van der Waals surface area contributed by atoms with Crippen molar-refractivity contribution >= 4 is 11.8 Å². The van der Waals surface area contributed by atoms with E-state index in [1.807, 2.05) is 36.4 Å². The predicted octanol–water partition coefficient (Wildman–Crippen LogP) is 3.15. The minimum Gasteiger partial charge on any atom is -0.396 e. The van der Waals surface area contributed by atoms with Crippen LogP contribution in [0.5, 0.6) is 0 Å². The molecule has 0 heterocycles. The van der Waals surface area contributed by atoms with Crippen LogP contribution >= 0.6 is 11.8 Å². The molecule has 0 aromatic heterocycles. The molecule has 2 aromatic rings. The Kier molecular flexibility index (Phi) is 5.45. The topological polar surface area (TPSA) is 46.2 Å². The van der Waals surface area contributed by atoms with E-state index in [0.29, 0.717) is 5.75 Å². The molecule has 0 saturated carbocycles. The Balaban J connectivity index is 2.22. The maximum absolute atomic E-state index is 9.05. The summed E-state index contributed by atoms with van der Waals surface area (Å²) >= 11 is 1.70. The summed E-state index contributed by atoms with van der Waals surface area (Å²) in [5, 5.41) is 9.22. The molecule has 2 atom stereocenters. The van der Waals surface area contributed by atoms with Crippen LogP contribution in [0.1, 0.15) is 22.4 Å². The summed E-state index contributed by atoms with van der Waals surface area (Å²) in [4.78, 5) is 0. The Morgan fingerprint density at radius 2 is 1.42 bits per heavy atom. The van der Waals surface area contributed by atoms with E-state index in [0.717, 1.165) is 5.56 Å². The van der Waals surface area contributed by atoms with Crippen molar-refractivity contribution in [3.63, 3.8) is 0 Å².